The molecule has 2 heterocycles. The van der Waals surface area contributed by atoms with Crippen molar-refractivity contribution in [3.05, 3.63) is 59.1 Å². The Morgan fingerprint density at radius 3 is 3.00 bits per heavy atom. The Bertz CT molecular complexity index is 705. The first-order valence-corrected chi connectivity index (χ1v) is 7.45. The lowest BCUT2D eigenvalue weighted by molar-refractivity contribution is 0.418. The average molecular weight is 289 g/mol. The van der Waals surface area contributed by atoms with Crippen LogP contribution in [-0.2, 0) is 12.0 Å². The van der Waals surface area contributed by atoms with Gasteiger partial charge in [-0.3, -0.25) is 4.40 Å². The molecule has 0 aliphatic rings. The highest BCUT2D eigenvalue weighted by atomic mass is 32.1. The third-order valence-corrected chi connectivity index (χ3v) is 4.44. The summed E-state index contributed by atoms with van der Waals surface area (Å²) in [5, 5.41) is 1.99. The molecule has 0 spiro atoms. The molecule has 0 radical (unpaired) electrons. The van der Waals surface area contributed by atoms with Crippen molar-refractivity contribution in [2.75, 3.05) is 0 Å². The zero-order valence-electron chi connectivity index (χ0n) is 11.2. The molecule has 0 saturated heterocycles. The third kappa shape index (κ3) is 2.34. The summed E-state index contributed by atoms with van der Waals surface area (Å²) in [7, 11) is 0. The second kappa shape index (κ2) is 5.00. The van der Waals surface area contributed by atoms with Crippen LogP contribution in [0.25, 0.3) is 4.96 Å². The van der Waals surface area contributed by atoms with Gasteiger partial charge in [0, 0.05) is 29.7 Å². The van der Waals surface area contributed by atoms with Crippen LogP contribution in [0.1, 0.15) is 24.6 Å². The van der Waals surface area contributed by atoms with E-state index in [1.54, 1.807) is 17.4 Å². The number of imidazole rings is 1. The molecule has 1 atom stereocenters. The smallest absolute Gasteiger partial charge is 0.193 e. The molecule has 0 fully saturated rings. The van der Waals surface area contributed by atoms with E-state index in [1.165, 1.54) is 12.1 Å². The van der Waals surface area contributed by atoms with Gasteiger partial charge in [-0.2, -0.15) is 0 Å². The van der Waals surface area contributed by atoms with Crippen LogP contribution >= 0.6 is 11.3 Å². The number of aromatic nitrogens is 2. The summed E-state index contributed by atoms with van der Waals surface area (Å²) in [5.41, 5.74) is 7.66. The zero-order valence-corrected chi connectivity index (χ0v) is 12.0. The molecule has 3 rings (SSSR count). The standard InChI is InChI=1S/C15H16FN3S/c1-2-15(17,11-4-3-5-12(16)8-11)9-13-10-19-6-7-20-14(19)18-13/h3-8,10H,2,9,17H2,1H3. The molecule has 104 valence electrons. The van der Waals surface area contributed by atoms with Gasteiger partial charge >= 0.3 is 0 Å². The van der Waals surface area contributed by atoms with E-state index < -0.39 is 5.54 Å². The van der Waals surface area contributed by atoms with Gasteiger partial charge in [0.2, 0.25) is 0 Å². The molecular weight excluding hydrogens is 273 g/mol. The number of thiazole rings is 1. The van der Waals surface area contributed by atoms with Gasteiger partial charge in [0.1, 0.15) is 5.82 Å². The quantitative estimate of drug-likeness (QED) is 0.800. The summed E-state index contributed by atoms with van der Waals surface area (Å²) in [6, 6.07) is 6.53. The van der Waals surface area contributed by atoms with Gasteiger partial charge in [0.25, 0.3) is 0 Å². The topological polar surface area (TPSA) is 43.3 Å². The number of fused-ring (bicyclic) bond motifs is 1. The maximum atomic E-state index is 13.4. The molecule has 0 aliphatic heterocycles. The van der Waals surface area contributed by atoms with E-state index >= 15 is 0 Å². The van der Waals surface area contributed by atoms with Gasteiger partial charge in [-0.25, -0.2) is 9.37 Å². The number of rotatable bonds is 4. The summed E-state index contributed by atoms with van der Waals surface area (Å²) in [5.74, 6) is -0.253. The van der Waals surface area contributed by atoms with E-state index in [1.807, 2.05) is 35.2 Å². The molecule has 0 aliphatic carbocycles. The van der Waals surface area contributed by atoms with Gasteiger partial charge in [0.05, 0.1) is 5.69 Å². The monoisotopic (exact) mass is 289 g/mol. The molecule has 3 aromatic rings. The van der Waals surface area contributed by atoms with Crippen molar-refractivity contribution in [3.63, 3.8) is 0 Å². The van der Waals surface area contributed by atoms with Gasteiger partial charge in [-0.05, 0) is 24.1 Å². The van der Waals surface area contributed by atoms with Crippen LogP contribution < -0.4 is 5.73 Å². The Morgan fingerprint density at radius 1 is 1.45 bits per heavy atom. The van der Waals surface area contributed by atoms with E-state index in [0.717, 1.165) is 22.6 Å². The summed E-state index contributed by atoms with van der Waals surface area (Å²) >= 11 is 1.59. The minimum atomic E-state index is -0.591. The van der Waals surface area contributed by atoms with Crippen molar-refractivity contribution < 1.29 is 4.39 Å². The Kier molecular flexibility index (Phi) is 3.31. The molecular formula is C15H16FN3S. The molecule has 0 bridgehead atoms. The number of benzene rings is 1. The van der Waals surface area contributed by atoms with Crippen LogP contribution in [0.2, 0.25) is 0 Å². The van der Waals surface area contributed by atoms with Crippen molar-refractivity contribution in [1.82, 2.24) is 9.38 Å². The normalized spacial score (nSPS) is 14.6. The Morgan fingerprint density at radius 2 is 2.30 bits per heavy atom. The van der Waals surface area contributed by atoms with Crippen LogP contribution in [0.4, 0.5) is 4.39 Å². The molecule has 0 saturated carbocycles. The number of nitrogens with two attached hydrogens (primary N) is 1. The highest BCUT2D eigenvalue weighted by Crippen LogP contribution is 2.27. The minimum absolute atomic E-state index is 0.253. The number of hydrogen-bond donors (Lipinski definition) is 1. The largest absolute Gasteiger partial charge is 0.321 e. The second-order valence-corrected chi connectivity index (χ2v) is 5.89. The van der Waals surface area contributed by atoms with Crippen LogP contribution in [0.15, 0.2) is 42.0 Å². The van der Waals surface area contributed by atoms with E-state index in [0.29, 0.717) is 6.42 Å². The van der Waals surface area contributed by atoms with Crippen molar-refractivity contribution in [1.29, 1.82) is 0 Å². The van der Waals surface area contributed by atoms with E-state index in [2.05, 4.69) is 4.98 Å². The molecule has 1 aromatic carbocycles. The average Bonchev–Trinajstić information content (AvgIpc) is 2.99. The first-order valence-electron chi connectivity index (χ1n) is 6.57. The van der Waals surface area contributed by atoms with Crippen LogP contribution in [0, 0.1) is 5.82 Å². The first kappa shape index (κ1) is 13.3. The molecule has 0 amide bonds. The molecule has 20 heavy (non-hydrogen) atoms. The highest BCUT2D eigenvalue weighted by molar-refractivity contribution is 7.15. The maximum Gasteiger partial charge on any atom is 0.193 e. The second-order valence-electron chi connectivity index (χ2n) is 5.02. The van der Waals surface area contributed by atoms with Crippen molar-refractivity contribution in [2.24, 2.45) is 5.73 Å². The lowest BCUT2D eigenvalue weighted by Crippen LogP contribution is -2.38. The number of nitrogens with zero attached hydrogens (tertiary/aromatic N) is 2. The SMILES string of the molecule is CCC(N)(Cc1cn2ccsc2n1)c1cccc(F)c1. The molecule has 3 nitrogen and oxygen atoms in total. The predicted octanol–water partition coefficient (Wildman–Crippen LogP) is 3.34. The lowest BCUT2D eigenvalue weighted by Gasteiger charge is -2.28. The van der Waals surface area contributed by atoms with Crippen LogP contribution in [-0.4, -0.2) is 9.38 Å². The van der Waals surface area contributed by atoms with Gasteiger partial charge < -0.3 is 5.73 Å². The third-order valence-electron chi connectivity index (χ3n) is 3.67. The summed E-state index contributed by atoms with van der Waals surface area (Å²) in [4.78, 5) is 5.52. The van der Waals surface area contributed by atoms with E-state index in [9.17, 15) is 4.39 Å². The van der Waals surface area contributed by atoms with Gasteiger partial charge in [0.15, 0.2) is 4.96 Å². The summed E-state index contributed by atoms with van der Waals surface area (Å²) < 4.78 is 15.4. The van der Waals surface area contributed by atoms with E-state index in [-0.39, 0.29) is 5.82 Å². The van der Waals surface area contributed by atoms with Crippen LogP contribution in [0.3, 0.4) is 0 Å². The maximum absolute atomic E-state index is 13.4. The molecule has 2 aromatic heterocycles. The first-order chi connectivity index (χ1) is 9.60. The Balaban J connectivity index is 1.94. The Labute approximate surface area is 120 Å². The van der Waals surface area contributed by atoms with Gasteiger partial charge in [-0.15, -0.1) is 11.3 Å². The Hall–Kier alpha value is -1.72. The molecule has 5 heteroatoms. The van der Waals surface area contributed by atoms with Crippen LogP contribution in [0.5, 0.6) is 0 Å². The highest BCUT2D eigenvalue weighted by Gasteiger charge is 2.27. The zero-order chi connectivity index (χ0) is 14.2. The fraction of sp³-hybridized carbons (Fsp3) is 0.267. The lowest BCUT2D eigenvalue weighted by atomic mass is 9.84. The molecule has 1 unspecified atom stereocenters. The number of hydrogen-bond acceptors (Lipinski definition) is 3. The fourth-order valence-electron chi connectivity index (χ4n) is 2.41. The van der Waals surface area contributed by atoms with Crippen molar-refractivity contribution in [2.45, 2.75) is 25.3 Å². The van der Waals surface area contributed by atoms with Gasteiger partial charge in [-0.1, -0.05) is 19.1 Å². The minimum Gasteiger partial charge on any atom is -0.321 e. The predicted molar refractivity (Wildman–Crippen MR) is 79.3 cm³/mol. The van der Waals surface area contributed by atoms with E-state index in [4.69, 9.17) is 5.73 Å². The summed E-state index contributed by atoms with van der Waals surface area (Å²) in [6.07, 6.45) is 5.29. The fourth-order valence-corrected chi connectivity index (χ4v) is 3.13. The van der Waals surface area contributed by atoms with Crippen molar-refractivity contribution in [3.8, 4) is 0 Å². The molecule has 2 N–H and O–H groups in total. The summed E-state index contributed by atoms with van der Waals surface area (Å²) in [6.45, 7) is 2.02. The van der Waals surface area contributed by atoms with Crippen molar-refractivity contribution >= 4 is 16.3 Å². The number of halogens is 1.